The van der Waals surface area contributed by atoms with Crippen molar-refractivity contribution in [2.75, 3.05) is 11.4 Å². The largest absolute Gasteiger partial charge is 0.507 e. The lowest BCUT2D eigenvalue weighted by Crippen LogP contribution is -2.29. The minimum atomic E-state index is -0.982. The molecule has 4 heterocycles. The number of rotatable bonds is 5. The van der Waals surface area contributed by atoms with Crippen LogP contribution in [0.1, 0.15) is 51.6 Å². The second-order valence-corrected chi connectivity index (χ2v) is 7.74. The van der Waals surface area contributed by atoms with Gasteiger partial charge in [-0.3, -0.25) is 24.3 Å². The zero-order valence-electron chi connectivity index (χ0n) is 18.6. The van der Waals surface area contributed by atoms with Gasteiger partial charge in [0.15, 0.2) is 5.82 Å². The Labute approximate surface area is 189 Å². The van der Waals surface area contributed by atoms with Crippen molar-refractivity contribution in [2.24, 2.45) is 0 Å². The number of hydrogen-bond donors (Lipinski definition) is 3. The molecule has 1 aliphatic rings. The number of aryl methyl sites for hydroxylation is 2. The smallest absolute Gasteiger partial charge is 0.301 e. The number of nitrogens with zero attached hydrogens (tertiary/aromatic N) is 3. The van der Waals surface area contributed by atoms with Crippen molar-refractivity contribution in [3.05, 3.63) is 70.0 Å². The molecule has 10 heteroatoms. The summed E-state index contributed by atoms with van der Waals surface area (Å²) in [5.41, 5.74) is 1.90. The van der Waals surface area contributed by atoms with E-state index in [1.54, 1.807) is 46.0 Å². The van der Waals surface area contributed by atoms with E-state index in [-0.39, 0.29) is 28.8 Å². The lowest BCUT2D eigenvalue weighted by molar-refractivity contribution is -0.132. The van der Waals surface area contributed by atoms with Gasteiger partial charge in [0, 0.05) is 36.3 Å². The molecule has 1 unspecified atom stereocenters. The molecule has 1 atom stereocenters. The van der Waals surface area contributed by atoms with Crippen molar-refractivity contribution in [3.63, 3.8) is 0 Å². The molecule has 2 amide bonds. The first kappa shape index (κ1) is 22.0. The highest BCUT2D eigenvalue weighted by atomic mass is 16.5. The van der Waals surface area contributed by atoms with Crippen LogP contribution >= 0.6 is 0 Å². The number of H-pyrrole nitrogens is 1. The topological polar surface area (TPSA) is 141 Å². The molecule has 0 aromatic carbocycles. The van der Waals surface area contributed by atoms with E-state index in [0.717, 1.165) is 0 Å². The molecule has 1 fully saturated rings. The monoisotopic (exact) mass is 449 g/mol. The van der Waals surface area contributed by atoms with E-state index < -0.39 is 17.7 Å². The summed E-state index contributed by atoms with van der Waals surface area (Å²) in [5, 5.41) is 18.0. The first-order valence-corrected chi connectivity index (χ1v) is 10.4. The van der Waals surface area contributed by atoms with Crippen molar-refractivity contribution in [1.29, 1.82) is 0 Å². The second kappa shape index (κ2) is 8.38. The summed E-state index contributed by atoms with van der Waals surface area (Å²) in [6.07, 6.45) is 3.08. The van der Waals surface area contributed by atoms with Crippen molar-refractivity contribution in [2.45, 2.75) is 33.7 Å². The minimum Gasteiger partial charge on any atom is -0.507 e. The van der Waals surface area contributed by atoms with Crippen molar-refractivity contribution in [3.8, 4) is 0 Å². The molecule has 1 saturated heterocycles. The predicted molar refractivity (Wildman–Crippen MR) is 119 cm³/mol. The van der Waals surface area contributed by atoms with Gasteiger partial charge in [-0.15, -0.1) is 0 Å². The number of aromatic amines is 1. The Bertz CT molecular complexity index is 1290. The zero-order chi connectivity index (χ0) is 23.9. The SMILES string of the molecule is CCNC(=O)c1[nH]c(C)c(/C(O)=C2\C(=O)C(=O)N(c3cc(C)on3)C2c2cccnc2)c1C. The standard InChI is InChI=1S/C23H23N5O5/c1-5-25-22(31)18-12(3)16(13(4)26-18)20(29)17-19(14-7-6-8-24-10-14)28(23(32)21(17)30)15-9-11(2)33-27-15/h6-10,19,26,29H,5H2,1-4H3,(H,25,31)/b20-17+. The minimum absolute atomic E-state index is 0.124. The highest BCUT2D eigenvalue weighted by Crippen LogP contribution is 2.42. The van der Waals surface area contributed by atoms with Crippen LogP contribution in [0.15, 0.2) is 40.7 Å². The maximum atomic E-state index is 13.2. The van der Waals surface area contributed by atoms with E-state index in [4.69, 9.17) is 4.52 Å². The number of anilines is 1. The van der Waals surface area contributed by atoms with Gasteiger partial charge in [0.25, 0.3) is 11.7 Å². The van der Waals surface area contributed by atoms with Crippen LogP contribution in [0.2, 0.25) is 0 Å². The number of nitrogens with one attached hydrogen (secondary N) is 2. The Balaban J connectivity index is 1.94. The van der Waals surface area contributed by atoms with E-state index >= 15 is 0 Å². The fourth-order valence-electron chi connectivity index (χ4n) is 4.10. The normalized spacial score (nSPS) is 17.6. The molecule has 0 radical (unpaired) electrons. The van der Waals surface area contributed by atoms with Crippen LogP contribution in [0, 0.1) is 20.8 Å². The third-order valence-electron chi connectivity index (χ3n) is 5.55. The lowest BCUT2D eigenvalue weighted by atomic mass is 9.95. The number of carbonyl (C=O) groups excluding carboxylic acids is 3. The molecule has 170 valence electrons. The molecule has 1 aliphatic heterocycles. The third-order valence-corrected chi connectivity index (χ3v) is 5.55. The van der Waals surface area contributed by atoms with Gasteiger partial charge in [-0.1, -0.05) is 11.2 Å². The van der Waals surface area contributed by atoms with Gasteiger partial charge in [-0.2, -0.15) is 0 Å². The Morgan fingerprint density at radius 1 is 1.30 bits per heavy atom. The average Bonchev–Trinajstić information content (AvgIpc) is 3.43. The molecule has 3 N–H and O–H groups in total. The number of ketones is 1. The maximum absolute atomic E-state index is 13.2. The molecule has 0 saturated carbocycles. The van der Waals surface area contributed by atoms with Crippen molar-refractivity contribution in [1.82, 2.24) is 20.4 Å². The van der Waals surface area contributed by atoms with E-state index in [9.17, 15) is 19.5 Å². The number of Topliss-reactive ketones (excluding diaryl/α,β-unsaturated/α-hetero) is 1. The Hall–Kier alpha value is -4.21. The lowest BCUT2D eigenvalue weighted by Gasteiger charge is -2.22. The van der Waals surface area contributed by atoms with Gasteiger partial charge in [0.2, 0.25) is 0 Å². The van der Waals surface area contributed by atoms with Gasteiger partial charge in [0.05, 0.1) is 11.6 Å². The number of aliphatic hydroxyl groups excluding tert-OH is 1. The first-order valence-electron chi connectivity index (χ1n) is 10.4. The highest BCUT2D eigenvalue weighted by molar-refractivity contribution is 6.51. The van der Waals surface area contributed by atoms with E-state index in [2.05, 4.69) is 20.4 Å². The summed E-state index contributed by atoms with van der Waals surface area (Å²) in [6, 6.07) is 3.93. The van der Waals surface area contributed by atoms with Crippen LogP contribution in [-0.4, -0.2) is 44.4 Å². The first-order chi connectivity index (χ1) is 15.8. The molecule has 0 bridgehead atoms. The number of aromatic nitrogens is 3. The Morgan fingerprint density at radius 2 is 2.06 bits per heavy atom. The van der Waals surface area contributed by atoms with Gasteiger partial charge < -0.3 is 19.9 Å². The van der Waals surface area contributed by atoms with Gasteiger partial charge in [-0.25, -0.2) is 0 Å². The van der Waals surface area contributed by atoms with Crippen LogP contribution in [0.25, 0.3) is 5.76 Å². The predicted octanol–water partition coefficient (Wildman–Crippen LogP) is 2.70. The van der Waals surface area contributed by atoms with E-state index in [1.165, 1.54) is 17.2 Å². The molecule has 33 heavy (non-hydrogen) atoms. The zero-order valence-corrected chi connectivity index (χ0v) is 18.6. The number of hydrogen-bond acceptors (Lipinski definition) is 7. The number of aliphatic hydroxyl groups is 1. The molecule has 0 aliphatic carbocycles. The third kappa shape index (κ3) is 3.59. The molecule has 4 rings (SSSR count). The summed E-state index contributed by atoms with van der Waals surface area (Å²) in [4.78, 5) is 46.9. The molecule has 0 spiro atoms. The molecular formula is C23H23N5O5. The summed E-state index contributed by atoms with van der Waals surface area (Å²) in [7, 11) is 0. The fourth-order valence-corrected chi connectivity index (χ4v) is 4.10. The molecule has 3 aromatic rings. The van der Waals surface area contributed by atoms with E-state index in [1.807, 2.05) is 0 Å². The number of carbonyl (C=O) groups is 3. The second-order valence-electron chi connectivity index (χ2n) is 7.74. The summed E-state index contributed by atoms with van der Waals surface area (Å²) >= 11 is 0. The van der Waals surface area contributed by atoms with Crippen LogP contribution in [0.5, 0.6) is 0 Å². The molecule has 3 aromatic heterocycles. The summed E-state index contributed by atoms with van der Waals surface area (Å²) in [6.45, 7) is 7.24. The average molecular weight is 449 g/mol. The number of amides is 2. The quantitative estimate of drug-likeness (QED) is 0.309. The van der Waals surface area contributed by atoms with Gasteiger partial charge in [0.1, 0.15) is 17.2 Å². The number of pyridine rings is 1. The Morgan fingerprint density at radius 3 is 2.67 bits per heavy atom. The summed E-state index contributed by atoms with van der Waals surface area (Å²) in [5.74, 6) is -1.84. The van der Waals surface area contributed by atoms with Crippen LogP contribution in [0.4, 0.5) is 5.82 Å². The fraction of sp³-hybridized carbons (Fsp3) is 0.261. The van der Waals surface area contributed by atoms with Crippen molar-refractivity contribution < 1.29 is 24.0 Å². The van der Waals surface area contributed by atoms with Crippen molar-refractivity contribution >= 4 is 29.2 Å². The van der Waals surface area contributed by atoms with Crippen LogP contribution in [0.3, 0.4) is 0 Å². The highest BCUT2D eigenvalue weighted by Gasteiger charge is 2.48. The summed E-state index contributed by atoms with van der Waals surface area (Å²) < 4.78 is 5.12. The van der Waals surface area contributed by atoms with Gasteiger partial charge >= 0.3 is 5.91 Å². The van der Waals surface area contributed by atoms with Crippen LogP contribution in [-0.2, 0) is 9.59 Å². The van der Waals surface area contributed by atoms with Gasteiger partial charge in [-0.05, 0) is 44.9 Å². The molecular weight excluding hydrogens is 426 g/mol. The maximum Gasteiger partial charge on any atom is 0.301 e. The van der Waals surface area contributed by atoms with Crippen LogP contribution < -0.4 is 10.2 Å². The van der Waals surface area contributed by atoms with E-state index in [0.29, 0.717) is 34.7 Å². The Kier molecular flexibility index (Phi) is 5.59. The molecule has 10 nitrogen and oxygen atoms in total.